The Morgan fingerprint density at radius 3 is 2.53 bits per heavy atom. The summed E-state index contributed by atoms with van der Waals surface area (Å²) in [4.78, 5) is 12.9. The van der Waals surface area contributed by atoms with E-state index < -0.39 is 18.1 Å². The van der Waals surface area contributed by atoms with Gasteiger partial charge in [-0.3, -0.25) is 4.79 Å². The molecule has 1 amide bonds. The van der Waals surface area contributed by atoms with Crippen LogP contribution in [0, 0.1) is 11.3 Å². The van der Waals surface area contributed by atoms with Crippen molar-refractivity contribution in [2.75, 3.05) is 0 Å². The minimum absolute atomic E-state index is 0.0484. The minimum atomic E-state index is -4.18. The van der Waals surface area contributed by atoms with E-state index in [-0.39, 0.29) is 17.9 Å². The number of alkyl halides is 3. The van der Waals surface area contributed by atoms with Crippen molar-refractivity contribution in [3.05, 3.63) is 75.9 Å². The molecule has 1 saturated carbocycles. The Hall–Kier alpha value is -3.07. The van der Waals surface area contributed by atoms with Crippen LogP contribution in [0.1, 0.15) is 65.8 Å². The molecule has 2 aromatic rings. The predicted octanol–water partition coefficient (Wildman–Crippen LogP) is 5.70. The van der Waals surface area contributed by atoms with Gasteiger partial charge in [0.1, 0.15) is 11.6 Å². The average molecular weight is 436 g/mol. The number of fused-ring (bicyclic) bond motifs is 2. The van der Waals surface area contributed by atoms with Crippen LogP contribution in [-0.2, 0) is 23.2 Å². The Morgan fingerprint density at radius 2 is 1.88 bits per heavy atom. The van der Waals surface area contributed by atoms with Gasteiger partial charge in [-0.15, -0.1) is 0 Å². The number of carbonyl (C=O) groups is 1. The largest absolute Gasteiger partial charge is 0.389 e. The lowest BCUT2D eigenvalue weighted by Gasteiger charge is -2.37. The topological polar surface area (TPSA) is 52.9 Å². The SMILES string of the molecule is N#CC1=C(c2ccc(C3CC3)cc2)C[C@]2(CCc3cc(CCC(F)(F)F)ccc32)NC1=O. The maximum Gasteiger partial charge on any atom is 0.389 e. The number of nitrogens with zero attached hydrogens (tertiary/aromatic N) is 1. The predicted molar refractivity (Wildman–Crippen MR) is 115 cm³/mol. The zero-order chi connectivity index (χ0) is 22.5. The first-order valence-corrected chi connectivity index (χ1v) is 11.0. The summed E-state index contributed by atoms with van der Waals surface area (Å²) >= 11 is 0. The van der Waals surface area contributed by atoms with E-state index >= 15 is 0 Å². The lowest BCUT2D eigenvalue weighted by molar-refractivity contribution is -0.134. The summed E-state index contributed by atoms with van der Waals surface area (Å²) in [5.41, 5.74) is 5.03. The molecule has 2 aromatic carbocycles. The molecule has 1 aliphatic heterocycles. The average Bonchev–Trinajstić information content (AvgIpc) is 3.56. The summed E-state index contributed by atoms with van der Waals surface area (Å²) < 4.78 is 37.8. The number of rotatable bonds is 4. The Labute approximate surface area is 184 Å². The van der Waals surface area contributed by atoms with Crippen molar-refractivity contribution in [1.82, 2.24) is 5.32 Å². The van der Waals surface area contributed by atoms with Crippen molar-refractivity contribution in [2.45, 2.75) is 62.6 Å². The van der Waals surface area contributed by atoms with Crippen molar-refractivity contribution < 1.29 is 18.0 Å². The molecule has 32 heavy (non-hydrogen) atoms. The van der Waals surface area contributed by atoms with E-state index in [1.54, 1.807) is 6.07 Å². The van der Waals surface area contributed by atoms with E-state index in [1.807, 2.05) is 24.3 Å². The van der Waals surface area contributed by atoms with Gasteiger partial charge < -0.3 is 5.32 Å². The molecule has 164 valence electrons. The molecular weight excluding hydrogens is 413 g/mol. The van der Waals surface area contributed by atoms with Gasteiger partial charge >= 0.3 is 6.18 Å². The fraction of sp³-hybridized carbons (Fsp3) is 0.385. The van der Waals surface area contributed by atoms with Crippen molar-refractivity contribution in [1.29, 1.82) is 5.26 Å². The highest BCUT2D eigenvalue weighted by Crippen LogP contribution is 2.47. The van der Waals surface area contributed by atoms with Gasteiger partial charge in [-0.25, -0.2) is 0 Å². The quantitative estimate of drug-likeness (QED) is 0.669. The van der Waals surface area contributed by atoms with Crippen LogP contribution < -0.4 is 5.32 Å². The second-order valence-electron chi connectivity index (χ2n) is 9.18. The monoisotopic (exact) mass is 436 g/mol. The maximum atomic E-state index is 12.9. The number of amides is 1. The molecule has 5 rings (SSSR count). The molecule has 3 nitrogen and oxygen atoms in total. The summed E-state index contributed by atoms with van der Waals surface area (Å²) in [6, 6.07) is 15.7. The van der Waals surface area contributed by atoms with Crippen molar-refractivity contribution in [3.63, 3.8) is 0 Å². The van der Waals surface area contributed by atoms with Crippen molar-refractivity contribution >= 4 is 11.5 Å². The third-order valence-corrected chi connectivity index (χ3v) is 6.98. The van der Waals surface area contributed by atoms with E-state index in [0.717, 1.165) is 22.3 Å². The molecule has 1 fully saturated rings. The Bertz CT molecular complexity index is 1150. The number of aryl methyl sites for hydroxylation is 2. The molecule has 0 radical (unpaired) electrons. The molecule has 0 saturated heterocycles. The highest BCUT2D eigenvalue weighted by Gasteiger charge is 2.45. The Balaban J connectivity index is 1.46. The first-order chi connectivity index (χ1) is 15.3. The second kappa shape index (κ2) is 7.51. The molecule has 1 heterocycles. The number of nitrogens with one attached hydrogen (secondary N) is 1. The van der Waals surface area contributed by atoms with Gasteiger partial charge in [0.15, 0.2) is 0 Å². The van der Waals surface area contributed by atoms with Crippen LogP contribution in [0.25, 0.3) is 5.57 Å². The number of halogens is 3. The van der Waals surface area contributed by atoms with Gasteiger partial charge in [-0.2, -0.15) is 18.4 Å². The molecule has 2 aliphatic carbocycles. The lowest BCUT2D eigenvalue weighted by Crippen LogP contribution is -2.48. The van der Waals surface area contributed by atoms with E-state index in [1.165, 1.54) is 18.4 Å². The van der Waals surface area contributed by atoms with Crippen LogP contribution in [0.3, 0.4) is 0 Å². The van der Waals surface area contributed by atoms with Gasteiger partial charge in [0.25, 0.3) is 5.91 Å². The first-order valence-electron chi connectivity index (χ1n) is 11.0. The number of hydrogen-bond acceptors (Lipinski definition) is 2. The summed E-state index contributed by atoms with van der Waals surface area (Å²) in [6.07, 6.45) is -0.808. The van der Waals surface area contributed by atoms with Crippen molar-refractivity contribution in [3.8, 4) is 6.07 Å². The highest BCUT2D eigenvalue weighted by atomic mass is 19.4. The van der Waals surface area contributed by atoms with Gasteiger partial charge in [0, 0.05) is 12.8 Å². The number of carbonyl (C=O) groups excluding carboxylic acids is 1. The summed E-state index contributed by atoms with van der Waals surface area (Å²) in [6.45, 7) is 0. The van der Waals surface area contributed by atoms with Crippen LogP contribution in [0.2, 0.25) is 0 Å². The number of nitriles is 1. The molecule has 0 bridgehead atoms. The molecule has 0 aromatic heterocycles. The molecule has 3 aliphatic rings. The maximum absolute atomic E-state index is 12.9. The Kier molecular flexibility index (Phi) is 4.88. The van der Waals surface area contributed by atoms with E-state index in [9.17, 15) is 23.2 Å². The van der Waals surface area contributed by atoms with Crippen LogP contribution in [-0.4, -0.2) is 12.1 Å². The summed E-state index contributed by atoms with van der Waals surface area (Å²) in [7, 11) is 0. The Morgan fingerprint density at radius 1 is 1.12 bits per heavy atom. The van der Waals surface area contributed by atoms with Crippen LogP contribution >= 0.6 is 0 Å². The minimum Gasteiger partial charge on any atom is -0.342 e. The fourth-order valence-electron chi connectivity index (χ4n) is 5.15. The molecular formula is C26H23F3N2O. The first kappa shape index (κ1) is 20.8. The zero-order valence-corrected chi connectivity index (χ0v) is 17.6. The van der Waals surface area contributed by atoms with Crippen LogP contribution in [0.15, 0.2) is 48.0 Å². The molecule has 0 unspecified atom stereocenters. The third-order valence-electron chi connectivity index (χ3n) is 6.98. The third kappa shape index (κ3) is 3.81. The van der Waals surface area contributed by atoms with E-state index in [4.69, 9.17) is 0 Å². The summed E-state index contributed by atoms with van der Waals surface area (Å²) in [5.74, 6) is 0.247. The number of benzene rings is 2. The highest BCUT2D eigenvalue weighted by molar-refractivity contribution is 6.07. The van der Waals surface area contributed by atoms with E-state index in [2.05, 4.69) is 23.5 Å². The lowest BCUT2D eigenvalue weighted by atomic mass is 9.78. The zero-order valence-electron chi connectivity index (χ0n) is 17.6. The normalized spacial score (nSPS) is 22.6. The van der Waals surface area contributed by atoms with Crippen LogP contribution in [0.5, 0.6) is 0 Å². The van der Waals surface area contributed by atoms with Gasteiger partial charge in [0.05, 0.1) is 5.54 Å². The van der Waals surface area contributed by atoms with Crippen LogP contribution in [0.4, 0.5) is 13.2 Å². The smallest absolute Gasteiger partial charge is 0.342 e. The molecule has 1 N–H and O–H groups in total. The molecule has 1 spiro atoms. The fourth-order valence-corrected chi connectivity index (χ4v) is 5.15. The standard InChI is InChI=1S/C26H23F3N2O/c27-26(28,29)12-9-16-1-8-23-20(13-16)10-11-25(23)14-21(22(15-30)24(32)31-25)19-6-4-18(5-7-19)17-2-3-17/h1,4-8,13,17H,2-3,9-12,14H2,(H,31,32)/t25-/m0/s1. The second-order valence-corrected chi connectivity index (χ2v) is 9.18. The number of hydrogen-bond donors (Lipinski definition) is 1. The van der Waals surface area contributed by atoms with E-state index in [0.29, 0.717) is 30.7 Å². The van der Waals surface area contributed by atoms with Gasteiger partial charge in [0.2, 0.25) is 0 Å². The molecule has 1 atom stereocenters. The van der Waals surface area contributed by atoms with Gasteiger partial charge in [-0.1, -0.05) is 42.5 Å². The molecule has 6 heteroatoms. The van der Waals surface area contributed by atoms with Gasteiger partial charge in [-0.05, 0) is 71.4 Å². The summed E-state index contributed by atoms with van der Waals surface area (Å²) in [5, 5.41) is 12.7. The van der Waals surface area contributed by atoms with Crippen molar-refractivity contribution in [2.24, 2.45) is 0 Å².